The summed E-state index contributed by atoms with van der Waals surface area (Å²) in [6.07, 6.45) is 4.52. The molecule has 4 rings (SSSR count). The van der Waals surface area contributed by atoms with E-state index >= 15 is 0 Å². The molecule has 0 fully saturated rings. The molecule has 1 aliphatic heterocycles. The molecule has 2 aromatic heterocycles. The maximum absolute atomic E-state index is 13.3. The number of amides is 1. The van der Waals surface area contributed by atoms with Crippen molar-refractivity contribution in [3.05, 3.63) is 71.7 Å². The average Bonchev–Trinajstić information content (AvgIpc) is 2.87. The predicted molar refractivity (Wildman–Crippen MR) is 133 cm³/mol. The van der Waals surface area contributed by atoms with Crippen LogP contribution in [0.4, 0.5) is 5.82 Å². The number of fused-ring (bicyclic) bond motifs is 3. The fraction of sp³-hybridized carbons (Fsp3) is 0.269. The summed E-state index contributed by atoms with van der Waals surface area (Å²) in [6.45, 7) is 5.02. The van der Waals surface area contributed by atoms with Gasteiger partial charge in [0.15, 0.2) is 5.84 Å². The Labute approximate surface area is 199 Å². The van der Waals surface area contributed by atoms with Crippen LogP contribution in [0.1, 0.15) is 42.0 Å². The topological polar surface area (TPSA) is 115 Å². The highest BCUT2D eigenvalue weighted by atomic mass is 16.5. The van der Waals surface area contributed by atoms with Crippen LogP contribution in [-0.2, 0) is 6.42 Å². The summed E-state index contributed by atoms with van der Waals surface area (Å²) < 4.78 is 6.07. The molecule has 1 amide bonds. The zero-order valence-corrected chi connectivity index (χ0v) is 19.3. The number of hydrogen-bond acceptors (Lipinski definition) is 6. The predicted octanol–water partition coefficient (Wildman–Crippen LogP) is 4.61. The van der Waals surface area contributed by atoms with E-state index in [0.29, 0.717) is 42.4 Å². The molecule has 174 valence electrons. The van der Waals surface area contributed by atoms with Crippen molar-refractivity contribution in [2.75, 3.05) is 18.5 Å². The number of nitrogens with one attached hydrogen (secondary N) is 3. The van der Waals surface area contributed by atoms with Crippen molar-refractivity contribution in [2.45, 2.75) is 26.7 Å². The fourth-order valence-corrected chi connectivity index (χ4v) is 3.70. The van der Waals surface area contributed by atoms with Crippen LogP contribution < -0.4 is 10.1 Å². The van der Waals surface area contributed by atoms with Gasteiger partial charge >= 0.3 is 0 Å². The second-order valence-corrected chi connectivity index (χ2v) is 8.34. The van der Waals surface area contributed by atoms with E-state index in [1.165, 1.54) is 4.90 Å². The van der Waals surface area contributed by atoms with Crippen LogP contribution in [0.5, 0.6) is 5.75 Å². The van der Waals surface area contributed by atoms with Crippen molar-refractivity contribution in [3.63, 3.8) is 0 Å². The van der Waals surface area contributed by atoms with Crippen LogP contribution in [0, 0.1) is 16.7 Å². The summed E-state index contributed by atoms with van der Waals surface area (Å²) in [7, 11) is 0. The Kier molecular flexibility index (Phi) is 6.96. The molecule has 1 unspecified atom stereocenters. The first-order chi connectivity index (χ1) is 16.5. The van der Waals surface area contributed by atoms with Gasteiger partial charge in [0.2, 0.25) is 0 Å². The summed E-state index contributed by atoms with van der Waals surface area (Å²) in [6, 6.07) is 14.7. The van der Waals surface area contributed by atoms with Gasteiger partial charge in [-0.05, 0) is 54.7 Å². The Morgan fingerprint density at radius 3 is 2.76 bits per heavy atom. The van der Waals surface area contributed by atoms with E-state index in [2.05, 4.69) is 22.2 Å². The van der Waals surface area contributed by atoms with Crippen molar-refractivity contribution >= 4 is 23.9 Å². The van der Waals surface area contributed by atoms with Crippen LogP contribution in [0.2, 0.25) is 0 Å². The number of carbonyl (C=O) groups is 1. The van der Waals surface area contributed by atoms with E-state index in [9.17, 15) is 4.79 Å². The number of aromatic nitrogens is 2. The van der Waals surface area contributed by atoms with E-state index in [-0.39, 0.29) is 17.7 Å². The van der Waals surface area contributed by atoms with E-state index in [1.807, 2.05) is 43.5 Å². The molecule has 3 N–H and O–H groups in total. The normalized spacial score (nSPS) is 16.6. The van der Waals surface area contributed by atoms with E-state index in [0.717, 1.165) is 29.6 Å². The van der Waals surface area contributed by atoms with Gasteiger partial charge in [0, 0.05) is 24.0 Å². The molecule has 0 saturated carbocycles. The zero-order chi connectivity index (χ0) is 24.1. The number of amidine groups is 1. The molecule has 3 aromatic rings. The minimum Gasteiger partial charge on any atom is -0.492 e. The molecule has 3 heterocycles. The molecule has 34 heavy (non-hydrogen) atoms. The molecule has 1 aliphatic rings. The van der Waals surface area contributed by atoms with Crippen LogP contribution >= 0.6 is 0 Å². The lowest BCUT2D eigenvalue weighted by Crippen LogP contribution is -2.32. The van der Waals surface area contributed by atoms with E-state index in [1.54, 1.807) is 18.2 Å². The summed E-state index contributed by atoms with van der Waals surface area (Å²) in [5.41, 5.74) is 3.59. The highest BCUT2D eigenvalue weighted by molar-refractivity contribution is 6.07. The third-order valence-electron chi connectivity index (χ3n) is 5.81. The lowest BCUT2D eigenvalue weighted by molar-refractivity contribution is 0.102. The van der Waals surface area contributed by atoms with Gasteiger partial charge in [-0.1, -0.05) is 32.0 Å². The summed E-state index contributed by atoms with van der Waals surface area (Å²) in [5.74, 6) is 0.740. The number of nitrogens with zero attached hydrogens (tertiary/aromatic N) is 3. The molecule has 0 saturated heterocycles. The third kappa shape index (κ3) is 5.11. The first-order valence-corrected chi connectivity index (χ1v) is 11.3. The van der Waals surface area contributed by atoms with Crippen LogP contribution in [0.15, 0.2) is 54.7 Å². The maximum atomic E-state index is 13.3. The molecular weight excluding hydrogens is 428 g/mol. The molecule has 2 bridgehead atoms. The fourth-order valence-electron chi connectivity index (χ4n) is 3.70. The second kappa shape index (κ2) is 10.2. The van der Waals surface area contributed by atoms with Gasteiger partial charge in [-0.15, -0.1) is 0 Å². The van der Waals surface area contributed by atoms with Crippen LogP contribution in [0.25, 0.3) is 11.1 Å². The first-order valence-electron chi connectivity index (χ1n) is 11.3. The smallest absolute Gasteiger partial charge is 0.260 e. The van der Waals surface area contributed by atoms with Crippen LogP contribution in [-0.4, -0.2) is 46.1 Å². The number of carbonyl (C=O) groups excluding carboxylic acids is 1. The van der Waals surface area contributed by atoms with Gasteiger partial charge in [0.25, 0.3) is 5.91 Å². The minimum atomic E-state index is -0.347. The Balaban J connectivity index is 1.72. The van der Waals surface area contributed by atoms with E-state index < -0.39 is 0 Å². The number of aryl methyl sites for hydroxylation is 1. The largest absolute Gasteiger partial charge is 0.492 e. The lowest BCUT2D eigenvalue weighted by atomic mass is 10.0. The molecular formula is C26H28N6O2. The van der Waals surface area contributed by atoms with Gasteiger partial charge in [0.1, 0.15) is 17.3 Å². The highest BCUT2D eigenvalue weighted by Crippen LogP contribution is 2.28. The molecule has 0 radical (unpaired) electrons. The standard InChI is InChI=1S/C26H28N6O2/c1-3-20-9-7-19(14-29-20)18-8-10-23-21(13-18)26(33)31-24-6-4-5-22(30-24)25(28)32(16-27)12-11-17(2)15-34-23/h4-10,13-14,16-17,27-28H,3,11-12,15H2,1-2H3,(H,30,31,33). The van der Waals surface area contributed by atoms with E-state index in [4.69, 9.17) is 15.6 Å². The third-order valence-corrected chi connectivity index (χ3v) is 5.81. The zero-order valence-electron chi connectivity index (χ0n) is 19.3. The lowest BCUT2D eigenvalue weighted by Gasteiger charge is -2.23. The van der Waals surface area contributed by atoms with Crippen molar-refractivity contribution in [1.29, 1.82) is 10.8 Å². The molecule has 0 aliphatic carbocycles. The second-order valence-electron chi connectivity index (χ2n) is 8.34. The van der Waals surface area contributed by atoms with Gasteiger partial charge in [-0.2, -0.15) is 0 Å². The Bertz CT molecular complexity index is 1210. The van der Waals surface area contributed by atoms with Crippen molar-refractivity contribution in [1.82, 2.24) is 14.9 Å². The molecule has 1 aromatic carbocycles. The Morgan fingerprint density at radius 2 is 2.03 bits per heavy atom. The van der Waals surface area contributed by atoms with Crippen molar-refractivity contribution in [2.24, 2.45) is 5.92 Å². The first kappa shape index (κ1) is 23.1. The Morgan fingerprint density at radius 1 is 1.21 bits per heavy atom. The average molecular weight is 457 g/mol. The van der Waals surface area contributed by atoms with Gasteiger partial charge in [-0.3, -0.25) is 20.6 Å². The van der Waals surface area contributed by atoms with Gasteiger partial charge < -0.3 is 15.0 Å². The number of rotatable bonds is 3. The SMILES string of the molecule is CCc1ccc(-c2ccc3c(c2)C(=O)Nc2cccc(n2)C(=N)N(C=N)CCC(C)CO3)cn1. The Hall–Kier alpha value is -4.07. The number of pyridine rings is 2. The summed E-state index contributed by atoms with van der Waals surface area (Å²) in [5, 5.41) is 19.0. The van der Waals surface area contributed by atoms with Gasteiger partial charge in [0.05, 0.1) is 18.5 Å². The summed E-state index contributed by atoms with van der Waals surface area (Å²) in [4.78, 5) is 23.7. The molecule has 0 spiro atoms. The van der Waals surface area contributed by atoms with Crippen LogP contribution in [0.3, 0.4) is 0 Å². The number of benzene rings is 1. The minimum absolute atomic E-state index is 0.113. The number of ether oxygens (including phenoxy) is 1. The number of anilines is 1. The molecule has 1 atom stereocenters. The van der Waals surface area contributed by atoms with Gasteiger partial charge in [-0.25, -0.2) is 4.98 Å². The maximum Gasteiger partial charge on any atom is 0.260 e. The molecule has 8 nitrogen and oxygen atoms in total. The van der Waals surface area contributed by atoms with Crippen molar-refractivity contribution < 1.29 is 9.53 Å². The monoisotopic (exact) mass is 456 g/mol. The van der Waals surface area contributed by atoms with Crippen molar-refractivity contribution in [3.8, 4) is 16.9 Å². The summed E-state index contributed by atoms with van der Waals surface area (Å²) >= 11 is 0. The highest BCUT2D eigenvalue weighted by Gasteiger charge is 2.19. The molecule has 8 heteroatoms. The quantitative estimate of drug-likeness (QED) is 0.393. The number of hydrogen-bond donors (Lipinski definition) is 3.